The van der Waals surface area contributed by atoms with E-state index in [-0.39, 0.29) is 76.1 Å². The lowest BCUT2D eigenvalue weighted by molar-refractivity contribution is -0.155. The number of nitrogens with zero attached hydrogens (tertiary/aromatic N) is 8. The van der Waals surface area contributed by atoms with Crippen LogP contribution in [0.25, 0.3) is 0 Å². The van der Waals surface area contributed by atoms with Gasteiger partial charge in [-0.15, -0.1) is 0 Å². The van der Waals surface area contributed by atoms with Gasteiger partial charge in [0.1, 0.15) is 62.5 Å². The van der Waals surface area contributed by atoms with Crippen LogP contribution in [0.4, 0.5) is 59.5 Å². The Morgan fingerprint density at radius 1 is 0.362 bits per heavy atom. The summed E-state index contributed by atoms with van der Waals surface area (Å²) in [5.41, 5.74) is -1.64. The Bertz CT molecular complexity index is 5770. The minimum Gasteiger partial charge on any atom is -0.497 e. The number of carbonyl (C=O) groups excluding carboxylic acids is 12. The maximum Gasteiger partial charge on any atom is 0.416 e. The largest absolute Gasteiger partial charge is 0.497 e. The number of benzene rings is 8. The van der Waals surface area contributed by atoms with E-state index in [1.807, 2.05) is 73.7 Å². The molecule has 0 bridgehead atoms. The van der Waals surface area contributed by atoms with Crippen LogP contribution in [0, 0.1) is 60.1 Å². The van der Waals surface area contributed by atoms with Crippen molar-refractivity contribution in [3.63, 3.8) is 0 Å². The number of urea groups is 4. The topological polar surface area (TPSA) is 323 Å². The number of esters is 4. The molecule has 8 aromatic rings. The van der Waals surface area contributed by atoms with Crippen molar-refractivity contribution in [2.24, 2.45) is 47.3 Å². The lowest BCUT2D eigenvalue weighted by Crippen LogP contribution is -2.51. The highest BCUT2D eigenvalue weighted by Gasteiger charge is 2.77. The molecule has 676 valence electrons. The molecule has 0 saturated carbocycles. The van der Waals surface area contributed by atoms with Gasteiger partial charge in [-0.05, 0) is 184 Å². The number of amides is 12. The maximum absolute atomic E-state index is 13.8. The summed E-state index contributed by atoms with van der Waals surface area (Å²) < 4.78 is 108. The van der Waals surface area contributed by atoms with Crippen molar-refractivity contribution in [2.75, 3.05) is 86.7 Å². The van der Waals surface area contributed by atoms with Gasteiger partial charge in [-0.25, -0.2) is 43.2 Å². The third-order valence-electron chi connectivity index (χ3n) is 27.3. The summed E-state index contributed by atoms with van der Waals surface area (Å²) in [5.74, 6) is -6.36. The van der Waals surface area contributed by atoms with Crippen molar-refractivity contribution < 1.29 is 122 Å². The number of methoxy groups -OCH3 is 2. The number of fused-ring (bicyclic) bond motifs is 20. The Hall–Kier alpha value is -14.1. The minimum atomic E-state index is -4.56. The third-order valence-corrected chi connectivity index (χ3v) is 27.3. The van der Waals surface area contributed by atoms with Crippen molar-refractivity contribution in [3.05, 3.63) is 227 Å². The van der Waals surface area contributed by atoms with Crippen LogP contribution in [0.2, 0.25) is 0 Å². The third kappa shape index (κ3) is 13.3. The number of ether oxygens (including phenoxy) is 10. The molecule has 0 N–H and O–H groups in total. The number of aryl methyl sites for hydroxylation is 1. The number of rotatable bonds is 14. The van der Waals surface area contributed by atoms with Gasteiger partial charge in [-0.2, -0.15) is 13.2 Å². The van der Waals surface area contributed by atoms with Gasteiger partial charge in [0.25, 0.3) is 23.6 Å². The number of hydrogen-bond acceptors (Lipinski definition) is 22. The van der Waals surface area contributed by atoms with Crippen molar-refractivity contribution >= 4 is 94.4 Å². The fourth-order valence-electron chi connectivity index (χ4n) is 21.7. The van der Waals surface area contributed by atoms with Crippen molar-refractivity contribution in [3.8, 4) is 34.5 Å². The molecule has 8 aromatic carbocycles. The average Bonchev–Trinajstić information content (AvgIpc) is 1.54. The molecule has 12 aliphatic rings. The summed E-state index contributed by atoms with van der Waals surface area (Å²) in [6, 6.07) is 45.7. The molecule has 0 radical (unpaired) electrons. The van der Waals surface area contributed by atoms with E-state index in [4.69, 9.17) is 47.4 Å². The monoisotopic (exact) mass is 1780 g/mol. The van der Waals surface area contributed by atoms with Crippen LogP contribution in [0.3, 0.4) is 0 Å². The van der Waals surface area contributed by atoms with E-state index in [1.165, 1.54) is 41.0 Å². The van der Waals surface area contributed by atoms with Crippen LogP contribution >= 0.6 is 0 Å². The van der Waals surface area contributed by atoms with E-state index in [0.29, 0.717) is 51.4 Å². The second kappa shape index (κ2) is 33.2. The second-order valence-corrected chi connectivity index (χ2v) is 33.9. The summed E-state index contributed by atoms with van der Waals surface area (Å²) in [5, 5.41) is 0. The highest BCUT2D eigenvalue weighted by Crippen LogP contribution is 2.64. The van der Waals surface area contributed by atoms with Crippen LogP contribution in [-0.4, -0.2) is 180 Å². The van der Waals surface area contributed by atoms with Crippen LogP contribution in [0.15, 0.2) is 188 Å². The number of anilines is 4. The lowest BCUT2D eigenvalue weighted by atomic mass is 9.77. The summed E-state index contributed by atoms with van der Waals surface area (Å²) in [7, 11) is 3.09. The van der Waals surface area contributed by atoms with E-state index in [0.717, 1.165) is 66.1 Å². The van der Waals surface area contributed by atoms with Gasteiger partial charge < -0.3 is 67.0 Å². The molecule has 8 saturated heterocycles. The predicted octanol–water partition coefficient (Wildman–Crippen LogP) is 14.1. The number of imide groups is 4. The second-order valence-electron chi connectivity index (χ2n) is 33.9. The number of hydrogen-bond donors (Lipinski definition) is 0. The summed E-state index contributed by atoms with van der Waals surface area (Å²) in [6.07, 6.45) is -4.56. The molecule has 8 fully saturated rings. The molecule has 0 aromatic heterocycles. The highest BCUT2D eigenvalue weighted by molar-refractivity contribution is 6.28. The Kier molecular flexibility index (Phi) is 22.5. The van der Waals surface area contributed by atoms with Crippen molar-refractivity contribution in [2.45, 2.75) is 115 Å². The Balaban J connectivity index is 0.000000121. The van der Waals surface area contributed by atoms with E-state index in [9.17, 15) is 75.1 Å². The molecule has 0 spiro atoms. The first kappa shape index (κ1) is 88.0. The maximum atomic E-state index is 13.8. The zero-order valence-electron chi connectivity index (χ0n) is 72.6. The smallest absolute Gasteiger partial charge is 0.416 e. The predicted molar refractivity (Wildman–Crippen MR) is 454 cm³/mol. The summed E-state index contributed by atoms with van der Waals surface area (Å²) in [4.78, 5) is 173. The fraction of sp³-hybridized carbons (Fsp3) is 0.375. The van der Waals surface area contributed by atoms with Crippen LogP contribution < -0.4 is 48.0 Å². The highest BCUT2D eigenvalue weighted by atomic mass is 19.4. The zero-order valence-corrected chi connectivity index (χ0v) is 72.6. The van der Waals surface area contributed by atoms with Crippen molar-refractivity contribution in [1.82, 2.24) is 19.6 Å². The van der Waals surface area contributed by atoms with Crippen LogP contribution in [-0.2, 0) is 63.5 Å². The molecule has 12 amide bonds. The Morgan fingerprint density at radius 3 is 0.885 bits per heavy atom. The van der Waals surface area contributed by atoms with Gasteiger partial charge in [0.15, 0.2) is 0 Å². The average molecular weight is 1790 g/mol. The van der Waals surface area contributed by atoms with Gasteiger partial charge in [0.2, 0.25) is 0 Å². The van der Waals surface area contributed by atoms with E-state index >= 15 is 0 Å². The normalized spacial score (nSPS) is 28.0. The SMILES string of the molecule is CCOC(=O)[C@@H]1[C@H]2COc3ccc(C)cc3[C@H]2N2C(=O)N(c3ccc(F)cc3)C(=O)[C@]12C.CCOC(=O)[C@@H]1[C@H]2COc3ccccc3[C@@H]2N2C(=O)N(c3ccc(OC)cc3)C(=O)[C@@]12C.CCOC(=O)[C@@H]1[C@H]2COc3ccccc3[C@H]2N2C(=O)N(c3ccc(C(F)(F)F)cc3)C(=O)[C@]12C.CCOC(=O)[C@@H]1[C@H]2COc3ccccc3[C@H]2N2C(=O)N(c3ccc(OC)cc3)C(=O)[C@]12C. The lowest BCUT2D eigenvalue weighted by Gasteiger charge is -2.34. The Morgan fingerprint density at radius 2 is 0.615 bits per heavy atom. The molecular formula is C96H92F4N8O22. The molecule has 16 atom stereocenters. The van der Waals surface area contributed by atoms with Crippen LogP contribution in [0.5, 0.6) is 34.5 Å². The zero-order chi connectivity index (χ0) is 92.4. The quantitative estimate of drug-likeness (QED) is 0.0422. The van der Waals surface area contributed by atoms with E-state index < -0.39 is 171 Å². The first-order valence-electron chi connectivity index (χ1n) is 42.7. The molecule has 30 nitrogen and oxygen atoms in total. The van der Waals surface area contributed by atoms with E-state index in [2.05, 4.69) is 0 Å². The van der Waals surface area contributed by atoms with Gasteiger partial charge in [0.05, 0.1) is 143 Å². The first-order valence-corrected chi connectivity index (χ1v) is 42.7. The number of para-hydroxylation sites is 3. The summed E-state index contributed by atoms with van der Waals surface area (Å²) in [6.45, 7) is 16.5. The number of carbonyl (C=O) groups is 12. The molecule has 34 heteroatoms. The first-order chi connectivity index (χ1) is 62.2. The molecule has 12 aliphatic heterocycles. The summed E-state index contributed by atoms with van der Waals surface area (Å²) >= 11 is 0. The van der Waals surface area contributed by atoms with Crippen LogP contribution in [0.1, 0.15) is 113 Å². The molecule has 12 heterocycles. The van der Waals surface area contributed by atoms with Crippen molar-refractivity contribution in [1.29, 1.82) is 0 Å². The molecule has 0 unspecified atom stereocenters. The van der Waals surface area contributed by atoms with Gasteiger partial charge in [0, 0.05) is 45.9 Å². The molecule has 130 heavy (non-hydrogen) atoms. The van der Waals surface area contributed by atoms with Gasteiger partial charge in [-0.3, -0.25) is 38.4 Å². The molecular weight excluding hydrogens is 1690 g/mol. The van der Waals surface area contributed by atoms with Gasteiger partial charge in [-0.1, -0.05) is 72.3 Å². The standard InChI is InChI=1S/C24H21F3N2O5.C24H23FN2O5.2C24H24N2O6/c1-3-33-20(30)18-16-12-34-17-7-5-4-6-15(17)19(16)29-22(32)28(21(31)23(18,29)2)14-10-8-13(9-11-14)24(25,26)27;1-4-31-21(28)19-17-12-32-18-10-5-13(2)11-16(18)20(17)27-23(30)26(22(29)24(19,27)3)15-8-6-14(25)7-9-15;2*1-4-31-21(27)19-17-13-32-18-8-6-5-7-16(18)20(17)26-23(29)25(22(28)24(19,26)2)14-9-11-15(30-3)12-10-14/h4-11,16,18-19H,3,12H2,1-2H3;5-11,17,19-20H,4,12H2,1-3H3;2*5-12,17,19-20H,4,13H2,1-3H3/t16-,18+,19-,23+;17-,19+,20-,24+;17-,19+,20+,24-;17-,19+,20-,24+/m1111/s1. The number of halogens is 4. The Labute approximate surface area is 743 Å². The minimum absolute atomic E-state index is 0.00173. The number of alkyl halides is 3. The fourth-order valence-corrected chi connectivity index (χ4v) is 21.7. The molecule has 20 rings (SSSR count). The van der Waals surface area contributed by atoms with Gasteiger partial charge >= 0.3 is 54.2 Å². The van der Waals surface area contributed by atoms with E-state index in [1.54, 1.807) is 145 Å². The molecule has 0 aliphatic carbocycles.